The van der Waals surface area contributed by atoms with Crippen molar-refractivity contribution in [2.75, 3.05) is 6.54 Å². The highest BCUT2D eigenvalue weighted by Crippen LogP contribution is 2.27. The smallest absolute Gasteiger partial charge is 0.137 e. The van der Waals surface area contributed by atoms with Crippen molar-refractivity contribution in [1.29, 1.82) is 0 Å². The summed E-state index contributed by atoms with van der Waals surface area (Å²) >= 11 is 0. The molecule has 0 spiro atoms. The number of rotatable bonds is 1. The molecule has 1 heterocycles. The lowest BCUT2D eigenvalue weighted by Gasteiger charge is -2.20. The predicted octanol–water partition coefficient (Wildman–Crippen LogP) is 0.573. The lowest BCUT2D eigenvalue weighted by molar-refractivity contribution is -0.110. The Kier molecular flexibility index (Phi) is 1.58. The van der Waals surface area contributed by atoms with Gasteiger partial charge in [0.25, 0.3) is 0 Å². The molecule has 0 aromatic rings. The summed E-state index contributed by atoms with van der Waals surface area (Å²) in [6.07, 6.45) is 2.11. The molecule has 2 nitrogen and oxygen atoms in total. The number of nitrogens with one attached hydrogen (secondary N) is 1. The zero-order valence-electron chi connectivity index (χ0n) is 5.98. The quantitative estimate of drug-likeness (QED) is 0.522. The molecule has 1 fully saturated rings. The van der Waals surface area contributed by atoms with Crippen LogP contribution in [0.4, 0.5) is 0 Å². The number of aldehydes is 1. The van der Waals surface area contributed by atoms with Gasteiger partial charge in [-0.05, 0) is 18.4 Å². The summed E-state index contributed by atoms with van der Waals surface area (Å²) in [5.74, 6) is 0. The Morgan fingerprint density at radius 2 is 2.33 bits per heavy atom. The first-order chi connectivity index (χ1) is 4.17. The van der Waals surface area contributed by atoms with E-state index in [9.17, 15) is 4.79 Å². The zero-order chi connectivity index (χ0) is 6.91. The van der Waals surface area contributed by atoms with Crippen molar-refractivity contribution in [1.82, 2.24) is 5.32 Å². The first-order valence-corrected chi connectivity index (χ1v) is 3.35. The number of carbonyl (C=O) groups is 1. The maximum absolute atomic E-state index is 10.4. The minimum Gasteiger partial charge on any atom is -0.307 e. The van der Waals surface area contributed by atoms with Gasteiger partial charge in [0.2, 0.25) is 0 Å². The van der Waals surface area contributed by atoms with Crippen molar-refractivity contribution in [3.8, 4) is 0 Å². The summed E-state index contributed by atoms with van der Waals surface area (Å²) in [6, 6.07) is 0.0810. The van der Waals surface area contributed by atoms with E-state index in [1.807, 2.05) is 0 Å². The maximum Gasteiger partial charge on any atom is 0.137 e. The van der Waals surface area contributed by atoms with Crippen LogP contribution in [0.15, 0.2) is 0 Å². The SMILES string of the molecule is CC1(C)CCN[C@H]1C=O. The summed E-state index contributed by atoms with van der Waals surface area (Å²) in [5.41, 5.74) is 0.182. The molecule has 2 heteroatoms. The normalized spacial score (nSPS) is 32.4. The molecular weight excluding hydrogens is 114 g/mol. The van der Waals surface area contributed by atoms with Gasteiger partial charge in [-0.2, -0.15) is 0 Å². The third-order valence-electron chi connectivity index (χ3n) is 2.11. The first-order valence-electron chi connectivity index (χ1n) is 3.35. The summed E-state index contributed by atoms with van der Waals surface area (Å²) in [4.78, 5) is 10.4. The minimum atomic E-state index is 0.0810. The third kappa shape index (κ3) is 1.13. The van der Waals surface area contributed by atoms with Crippen molar-refractivity contribution in [3.05, 3.63) is 0 Å². The lowest BCUT2D eigenvalue weighted by atomic mass is 9.86. The molecule has 1 saturated heterocycles. The second-order valence-corrected chi connectivity index (χ2v) is 3.31. The van der Waals surface area contributed by atoms with E-state index in [0.29, 0.717) is 0 Å². The monoisotopic (exact) mass is 127 g/mol. The maximum atomic E-state index is 10.4. The lowest BCUT2D eigenvalue weighted by Crippen LogP contribution is -2.33. The molecule has 0 aliphatic carbocycles. The van der Waals surface area contributed by atoms with Gasteiger partial charge in [0.1, 0.15) is 6.29 Å². The van der Waals surface area contributed by atoms with Crippen molar-refractivity contribution >= 4 is 6.29 Å². The summed E-state index contributed by atoms with van der Waals surface area (Å²) in [7, 11) is 0. The standard InChI is InChI=1S/C7H13NO/c1-7(2)3-4-8-6(7)5-9/h5-6,8H,3-4H2,1-2H3/t6-/m0/s1. The van der Waals surface area contributed by atoms with Gasteiger partial charge in [-0.3, -0.25) is 0 Å². The van der Waals surface area contributed by atoms with E-state index in [1.54, 1.807) is 0 Å². The molecule has 0 radical (unpaired) electrons. The van der Waals surface area contributed by atoms with Crippen LogP contribution in [-0.2, 0) is 4.79 Å². The van der Waals surface area contributed by atoms with Gasteiger partial charge in [0, 0.05) is 0 Å². The van der Waals surface area contributed by atoms with E-state index in [4.69, 9.17) is 0 Å². The number of hydrogen-bond donors (Lipinski definition) is 1. The molecular formula is C7H13NO. The number of hydrogen-bond acceptors (Lipinski definition) is 2. The average Bonchev–Trinajstić information content (AvgIpc) is 2.08. The van der Waals surface area contributed by atoms with Gasteiger partial charge in [0.15, 0.2) is 0 Å². The van der Waals surface area contributed by atoms with Gasteiger partial charge in [-0.15, -0.1) is 0 Å². The largest absolute Gasteiger partial charge is 0.307 e. The van der Waals surface area contributed by atoms with Crippen LogP contribution < -0.4 is 5.32 Å². The van der Waals surface area contributed by atoms with Crippen LogP contribution in [0.5, 0.6) is 0 Å². The van der Waals surface area contributed by atoms with E-state index in [1.165, 1.54) is 0 Å². The Labute approximate surface area is 55.6 Å². The molecule has 0 unspecified atom stereocenters. The molecule has 0 aromatic carbocycles. The van der Waals surface area contributed by atoms with Crippen molar-refractivity contribution in [2.45, 2.75) is 26.3 Å². The van der Waals surface area contributed by atoms with Crippen LogP contribution in [0, 0.1) is 5.41 Å². The van der Waals surface area contributed by atoms with Crippen LogP contribution in [0.1, 0.15) is 20.3 Å². The van der Waals surface area contributed by atoms with Crippen molar-refractivity contribution < 1.29 is 4.79 Å². The van der Waals surface area contributed by atoms with Gasteiger partial charge in [0.05, 0.1) is 6.04 Å². The molecule has 0 amide bonds. The highest BCUT2D eigenvalue weighted by Gasteiger charge is 2.33. The summed E-state index contributed by atoms with van der Waals surface area (Å²) in [5, 5.41) is 3.13. The van der Waals surface area contributed by atoms with Crippen molar-refractivity contribution in [3.63, 3.8) is 0 Å². The Bertz CT molecular complexity index is 120. The molecule has 0 bridgehead atoms. The fraction of sp³-hybridized carbons (Fsp3) is 0.857. The molecule has 1 rings (SSSR count). The average molecular weight is 127 g/mol. The molecule has 1 aliphatic heterocycles. The third-order valence-corrected chi connectivity index (χ3v) is 2.11. The molecule has 1 aliphatic rings. The second-order valence-electron chi connectivity index (χ2n) is 3.31. The van der Waals surface area contributed by atoms with E-state index in [-0.39, 0.29) is 11.5 Å². The Hall–Kier alpha value is -0.370. The predicted molar refractivity (Wildman–Crippen MR) is 36.3 cm³/mol. The molecule has 1 atom stereocenters. The minimum absolute atomic E-state index is 0.0810. The van der Waals surface area contributed by atoms with E-state index >= 15 is 0 Å². The summed E-state index contributed by atoms with van der Waals surface area (Å²) < 4.78 is 0. The highest BCUT2D eigenvalue weighted by molar-refractivity contribution is 5.59. The van der Waals surface area contributed by atoms with Gasteiger partial charge >= 0.3 is 0 Å². The Morgan fingerprint density at radius 3 is 2.56 bits per heavy atom. The van der Waals surface area contributed by atoms with E-state index in [0.717, 1.165) is 19.3 Å². The van der Waals surface area contributed by atoms with Gasteiger partial charge in [-0.1, -0.05) is 13.8 Å². The first kappa shape index (κ1) is 6.75. The van der Waals surface area contributed by atoms with Crippen LogP contribution in [0.25, 0.3) is 0 Å². The molecule has 1 N–H and O–H groups in total. The van der Waals surface area contributed by atoms with E-state index < -0.39 is 0 Å². The Morgan fingerprint density at radius 1 is 1.67 bits per heavy atom. The van der Waals surface area contributed by atoms with Gasteiger partial charge < -0.3 is 10.1 Å². The van der Waals surface area contributed by atoms with Crippen LogP contribution in [0.3, 0.4) is 0 Å². The van der Waals surface area contributed by atoms with Crippen LogP contribution in [0.2, 0.25) is 0 Å². The van der Waals surface area contributed by atoms with E-state index in [2.05, 4.69) is 19.2 Å². The van der Waals surface area contributed by atoms with Crippen LogP contribution >= 0.6 is 0 Å². The second kappa shape index (κ2) is 2.10. The molecule has 0 saturated carbocycles. The Balaban J connectivity index is 2.62. The number of carbonyl (C=O) groups excluding carboxylic acids is 1. The fourth-order valence-corrected chi connectivity index (χ4v) is 1.21. The summed E-state index contributed by atoms with van der Waals surface area (Å²) in [6.45, 7) is 5.22. The molecule has 9 heavy (non-hydrogen) atoms. The fourth-order valence-electron chi connectivity index (χ4n) is 1.21. The van der Waals surface area contributed by atoms with Crippen LogP contribution in [-0.4, -0.2) is 18.9 Å². The highest BCUT2D eigenvalue weighted by atomic mass is 16.1. The molecule has 0 aromatic heterocycles. The zero-order valence-corrected chi connectivity index (χ0v) is 5.98. The van der Waals surface area contributed by atoms with Crippen molar-refractivity contribution in [2.24, 2.45) is 5.41 Å². The van der Waals surface area contributed by atoms with Gasteiger partial charge in [-0.25, -0.2) is 0 Å². The topological polar surface area (TPSA) is 29.1 Å². The molecule has 52 valence electrons.